The molecule has 0 amide bonds. The Morgan fingerprint density at radius 2 is 1.90 bits per heavy atom. The standard InChI is InChI=1S/C29H47N/c1-21(2)10-6-8-17-27(3,20-30)26-15-14-24-23-13-12-22-11-7-9-18-28(22,4)25(23)16-19-29(24,26)5/h12,21,23-26H,6-11,13-19H2,1-5H3/t23?,24?,25?,26?,27-,28?,29?/m1/s1. The van der Waals surface area contributed by atoms with Gasteiger partial charge < -0.3 is 0 Å². The summed E-state index contributed by atoms with van der Waals surface area (Å²) in [5.74, 6) is 4.02. The van der Waals surface area contributed by atoms with E-state index < -0.39 is 0 Å². The number of fused-ring (bicyclic) bond motifs is 5. The average Bonchev–Trinajstić information content (AvgIpc) is 3.08. The molecule has 30 heavy (non-hydrogen) atoms. The Labute approximate surface area is 187 Å². The normalized spacial score (nSPS) is 42.5. The molecule has 0 bridgehead atoms. The minimum Gasteiger partial charge on any atom is -0.198 e. The third-order valence-corrected chi connectivity index (χ3v) is 10.8. The van der Waals surface area contributed by atoms with Crippen LogP contribution in [0.1, 0.15) is 118 Å². The lowest BCUT2D eigenvalue weighted by atomic mass is 9.46. The number of rotatable bonds is 6. The number of allylic oxidation sites excluding steroid dienone is 2. The van der Waals surface area contributed by atoms with Gasteiger partial charge in [0.15, 0.2) is 0 Å². The lowest BCUT2D eigenvalue weighted by Crippen LogP contribution is -2.51. The summed E-state index contributed by atoms with van der Waals surface area (Å²) in [6.45, 7) is 12.2. The van der Waals surface area contributed by atoms with Gasteiger partial charge in [0.25, 0.3) is 0 Å². The molecule has 0 N–H and O–H groups in total. The Morgan fingerprint density at radius 3 is 2.63 bits per heavy atom. The minimum atomic E-state index is -0.127. The van der Waals surface area contributed by atoms with Crippen LogP contribution in [-0.2, 0) is 0 Å². The monoisotopic (exact) mass is 409 g/mol. The van der Waals surface area contributed by atoms with Crippen molar-refractivity contribution in [2.24, 2.45) is 45.8 Å². The highest BCUT2D eigenvalue weighted by atomic mass is 14.6. The van der Waals surface area contributed by atoms with Crippen LogP contribution >= 0.6 is 0 Å². The van der Waals surface area contributed by atoms with Crippen molar-refractivity contribution < 1.29 is 0 Å². The molecule has 3 fully saturated rings. The van der Waals surface area contributed by atoms with Gasteiger partial charge in [-0.25, -0.2) is 0 Å². The highest BCUT2D eigenvalue weighted by Gasteiger charge is 2.61. The molecule has 4 aliphatic carbocycles. The predicted molar refractivity (Wildman–Crippen MR) is 127 cm³/mol. The topological polar surface area (TPSA) is 23.8 Å². The summed E-state index contributed by atoms with van der Waals surface area (Å²) in [6, 6.07) is 2.88. The van der Waals surface area contributed by atoms with E-state index >= 15 is 0 Å². The molecule has 7 atom stereocenters. The molecule has 6 unspecified atom stereocenters. The quantitative estimate of drug-likeness (QED) is 0.318. The van der Waals surface area contributed by atoms with Gasteiger partial charge in [-0.2, -0.15) is 5.26 Å². The maximum atomic E-state index is 10.3. The summed E-state index contributed by atoms with van der Waals surface area (Å²) in [6.07, 6.45) is 20.1. The van der Waals surface area contributed by atoms with E-state index in [-0.39, 0.29) is 5.41 Å². The molecular formula is C29H47N. The van der Waals surface area contributed by atoms with Crippen LogP contribution in [0.3, 0.4) is 0 Å². The molecule has 4 rings (SSSR count). The third kappa shape index (κ3) is 3.59. The molecule has 0 spiro atoms. The smallest absolute Gasteiger partial charge is 0.0689 e. The van der Waals surface area contributed by atoms with Crippen molar-refractivity contribution in [1.82, 2.24) is 0 Å². The molecule has 0 aromatic rings. The van der Waals surface area contributed by atoms with Gasteiger partial charge in [0, 0.05) is 0 Å². The molecule has 168 valence electrons. The van der Waals surface area contributed by atoms with Gasteiger partial charge >= 0.3 is 0 Å². The SMILES string of the molecule is CC(C)CCCC[C@](C)(C#N)C1CCC2C3CC=C4CCCCC4(C)C3CCC21C. The van der Waals surface area contributed by atoms with E-state index in [0.717, 1.165) is 30.1 Å². The number of unbranched alkanes of at least 4 members (excludes halogenated alkanes) is 1. The Balaban J connectivity index is 1.52. The van der Waals surface area contributed by atoms with Crippen LogP contribution in [0.5, 0.6) is 0 Å². The molecular weight excluding hydrogens is 362 g/mol. The largest absolute Gasteiger partial charge is 0.198 e. The molecule has 4 aliphatic rings. The Hall–Kier alpha value is -0.770. The van der Waals surface area contributed by atoms with Crippen molar-refractivity contribution in [1.29, 1.82) is 5.26 Å². The summed E-state index contributed by atoms with van der Waals surface area (Å²) < 4.78 is 0. The second kappa shape index (κ2) is 8.30. The van der Waals surface area contributed by atoms with Crippen LogP contribution < -0.4 is 0 Å². The summed E-state index contributed by atoms with van der Waals surface area (Å²) in [7, 11) is 0. The lowest BCUT2D eigenvalue weighted by molar-refractivity contribution is -0.0582. The number of hydrogen-bond acceptors (Lipinski definition) is 1. The van der Waals surface area contributed by atoms with E-state index in [9.17, 15) is 5.26 Å². The number of hydrogen-bond donors (Lipinski definition) is 0. The highest BCUT2D eigenvalue weighted by Crippen LogP contribution is 2.68. The highest BCUT2D eigenvalue weighted by molar-refractivity contribution is 5.25. The number of nitrogens with zero attached hydrogens (tertiary/aromatic N) is 1. The van der Waals surface area contributed by atoms with Gasteiger partial charge in [-0.05, 0) is 105 Å². The Bertz CT molecular complexity index is 698. The third-order valence-electron chi connectivity index (χ3n) is 10.8. The molecule has 0 aliphatic heterocycles. The molecule has 0 saturated heterocycles. The second-order valence-corrected chi connectivity index (χ2v) is 12.8. The fourth-order valence-electron chi connectivity index (χ4n) is 9.10. The van der Waals surface area contributed by atoms with Gasteiger partial charge in [-0.3, -0.25) is 0 Å². The lowest BCUT2D eigenvalue weighted by Gasteiger charge is -2.58. The molecule has 1 heteroatoms. The van der Waals surface area contributed by atoms with Crippen molar-refractivity contribution >= 4 is 0 Å². The molecule has 0 aromatic carbocycles. The van der Waals surface area contributed by atoms with Gasteiger partial charge in [0.2, 0.25) is 0 Å². The molecule has 0 radical (unpaired) electrons. The van der Waals surface area contributed by atoms with Crippen LogP contribution in [0.25, 0.3) is 0 Å². The van der Waals surface area contributed by atoms with E-state index in [1.807, 2.05) is 5.57 Å². The Morgan fingerprint density at radius 1 is 1.10 bits per heavy atom. The van der Waals surface area contributed by atoms with Crippen molar-refractivity contribution in [3.8, 4) is 6.07 Å². The first-order valence-corrected chi connectivity index (χ1v) is 13.4. The fraction of sp³-hybridized carbons (Fsp3) is 0.897. The first kappa shape index (κ1) is 22.4. The zero-order valence-electron chi connectivity index (χ0n) is 20.6. The van der Waals surface area contributed by atoms with Crippen molar-refractivity contribution in [3.05, 3.63) is 11.6 Å². The van der Waals surface area contributed by atoms with E-state index in [4.69, 9.17) is 0 Å². The van der Waals surface area contributed by atoms with E-state index in [0.29, 0.717) is 16.7 Å². The zero-order chi connectivity index (χ0) is 21.6. The van der Waals surface area contributed by atoms with E-state index in [1.54, 1.807) is 0 Å². The fourth-order valence-corrected chi connectivity index (χ4v) is 9.10. The predicted octanol–water partition coefficient (Wildman–Crippen LogP) is 8.70. The van der Waals surface area contributed by atoms with Crippen LogP contribution in [0.4, 0.5) is 0 Å². The Kier molecular flexibility index (Phi) is 6.20. The summed E-state index contributed by atoms with van der Waals surface area (Å²) in [5.41, 5.74) is 2.58. The van der Waals surface area contributed by atoms with Crippen molar-refractivity contribution in [2.45, 2.75) is 118 Å². The van der Waals surface area contributed by atoms with E-state index in [1.165, 1.54) is 77.0 Å². The van der Waals surface area contributed by atoms with Gasteiger partial charge in [0.1, 0.15) is 0 Å². The zero-order valence-corrected chi connectivity index (χ0v) is 20.6. The molecule has 1 nitrogen and oxygen atoms in total. The minimum absolute atomic E-state index is 0.127. The van der Waals surface area contributed by atoms with Gasteiger partial charge in [-0.15, -0.1) is 0 Å². The number of nitriles is 1. The second-order valence-electron chi connectivity index (χ2n) is 12.8. The summed E-state index contributed by atoms with van der Waals surface area (Å²) >= 11 is 0. The first-order chi connectivity index (χ1) is 14.2. The molecule has 0 aromatic heterocycles. The summed E-state index contributed by atoms with van der Waals surface area (Å²) in [5, 5.41) is 10.3. The van der Waals surface area contributed by atoms with Crippen LogP contribution in [-0.4, -0.2) is 0 Å². The van der Waals surface area contributed by atoms with Crippen molar-refractivity contribution in [2.75, 3.05) is 0 Å². The van der Waals surface area contributed by atoms with Crippen LogP contribution in [0, 0.1) is 57.2 Å². The summed E-state index contributed by atoms with van der Waals surface area (Å²) in [4.78, 5) is 0. The molecule has 3 saturated carbocycles. The van der Waals surface area contributed by atoms with Crippen LogP contribution in [0.2, 0.25) is 0 Å². The average molecular weight is 410 g/mol. The van der Waals surface area contributed by atoms with E-state index in [2.05, 4.69) is 46.8 Å². The molecule has 0 heterocycles. The first-order valence-electron chi connectivity index (χ1n) is 13.4. The van der Waals surface area contributed by atoms with Gasteiger partial charge in [0.05, 0.1) is 11.5 Å². The maximum Gasteiger partial charge on any atom is 0.0689 e. The van der Waals surface area contributed by atoms with Gasteiger partial charge in [-0.1, -0.05) is 65.0 Å². The van der Waals surface area contributed by atoms with Crippen molar-refractivity contribution in [3.63, 3.8) is 0 Å². The van der Waals surface area contributed by atoms with Crippen LogP contribution in [0.15, 0.2) is 11.6 Å². The maximum absolute atomic E-state index is 10.3.